The van der Waals surface area contributed by atoms with Crippen molar-refractivity contribution in [3.05, 3.63) is 108 Å². The zero-order chi connectivity index (χ0) is 27.3. The second-order valence-electron chi connectivity index (χ2n) is 8.28. The molecular formula is C27H24N2O7S2. The summed E-state index contributed by atoms with van der Waals surface area (Å²) in [6.07, 6.45) is 0. The topological polar surface area (TPSA) is 128 Å². The van der Waals surface area contributed by atoms with Crippen molar-refractivity contribution in [1.29, 1.82) is 0 Å². The summed E-state index contributed by atoms with van der Waals surface area (Å²) in [6.45, 7) is 3.53. The number of nitrogens with one attached hydrogen (secondary N) is 2. The minimum absolute atomic E-state index is 0.0360. The quantitative estimate of drug-likeness (QED) is 0.277. The molecule has 4 rings (SSSR count). The van der Waals surface area contributed by atoms with E-state index < -0.39 is 26.3 Å². The molecule has 0 aliphatic carbocycles. The largest absolute Gasteiger partial charge is 0.379 e. The highest BCUT2D eigenvalue weighted by Gasteiger charge is 2.19. The van der Waals surface area contributed by atoms with E-state index in [1.165, 1.54) is 66.7 Å². The molecule has 0 heterocycles. The molecule has 0 aliphatic rings. The molecule has 0 aromatic heterocycles. The number of anilines is 2. The van der Waals surface area contributed by atoms with E-state index in [0.717, 1.165) is 5.56 Å². The van der Waals surface area contributed by atoms with Gasteiger partial charge in [0.2, 0.25) is 0 Å². The van der Waals surface area contributed by atoms with Crippen LogP contribution in [0.1, 0.15) is 11.1 Å². The van der Waals surface area contributed by atoms with Crippen LogP contribution in [0.5, 0.6) is 11.5 Å². The Morgan fingerprint density at radius 2 is 1.08 bits per heavy atom. The second-order valence-corrected chi connectivity index (χ2v) is 11.3. The third-order valence-corrected chi connectivity index (χ3v) is 7.98. The number of urea groups is 1. The van der Waals surface area contributed by atoms with Crippen molar-refractivity contribution in [3.63, 3.8) is 0 Å². The van der Waals surface area contributed by atoms with Crippen LogP contribution in [-0.2, 0) is 20.2 Å². The van der Waals surface area contributed by atoms with E-state index in [1.807, 2.05) is 6.92 Å². The summed E-state index contributed by atoms with van der Waals surface area (Å²) >= 11 is 0. The van der Waals surface area contributed by atoms with Crippen molar-refractivity contribution in [2.75, 3.05) is 10.6 Å². The van der Waals surface area contributed by atoms with Gasteiger partial charge in [0.15, 0.2) is 0 Å². The van der Waals surface area contributed by atoms with Crippen LogP contribution in [0.15, 0.2) is 107 Å². The fourth-order valence-corrected chi connectivity index (χ4v) is 5.46. The molecule has 0 saturated carbocycles. The first-order valence-corrected chi connectivity index (χ1v) is 14.1. The van der Waals surface area contributed by atoms with Crippen molar-refractivity contribution in [1.82, 2.24) is 0 Å². The molecule has 11 heteroatoms. The van der Waals surface area contributed by atoms with Gasteiger partial charge in [-0.25, -0.2) is 4.79 Å². The summed E-state index contributed by atoms with van der Waals surface area (Å²) in [7, 11) is -7.99. The highest BCUT2D eigenvalue weighted by atomic mass is 32.2. The van der Waals surface area contributed by atoms with Gasteiger partial charge in [-0.05, 0) is 86.1 Å². The third kappa shape index (κ3) is 6.69. The first-order chi connectivity index (χ1) is 18.0. The lowest BCUT2D eigenvalue weighted by Crippen LogP contribution is -2.19. The Labute approximate surface area is 221 Å². The standard InChI is InChI=1S/C27H24N2O7S2/c1-19-7-17-25(18-8-19)37(31,32)35-23-13-9-21(10-14-23)28-27(30)29-22-11-15-24(16-12-22)36-38(33,34)26-6-4-3-5-20(26)2/h3-18H,1-2H3,(H2,28,29,30). The van der Waals surface area contributed by atoms with Crippen molar-refractivity contribution in [3.8, 4) is 11.5 Å². The number of carbonyl (C=O) groups is 1. The molecule has 0 saturated heterocycles. The fourth-order valence-electron chi connectivity index (χ4n) is 3.37. The van der Waals surface area contributed by atoms with E-state index >= 15 is 0 Å². The first kappa shape index (κ1) is 26.7. The summed E-state index contributed by atoms with van der Waals surface area (Å²) in [5, 5.41) is 5.23. The molecule has 0 aliphatic heterocycles. The Morgan fingerprint density at radius 1 is 0.605 bits per heavy atom. The normalized spacial score (nSPS) is 11.4. The zero-order valence-electron chi connectivity index (χ0n) is 20.4. The Hall–Kier alpha value is -4.35. The summed E-state index contributed by atoms with van der Waals surface area (Å²) < 4.78 is 60.2. The van der Waals surface area contributed by atoms with Gasteiger partial charge in [0, 0.05) is 11.4 Å². The number of aryl methyl sites for hydroxylation is 2. The molecule has 4 aromatic rings. The van der Waals surface area contributed by atoms with Gasteiger partial charge in [-0.3, -0.25) is 0 Å². The number of benzene rings is 4. The Balaban J connectivity index is 1.33. The highest BCUT2D eigenvalue weighted by molar-refractivity contribution is 7.87. The number of rotatable bonds is 8. The lowest BCUT2D eigenvalue weighted by atomic mass is 10.2. The molecule has 38 heavy (non-hydrogen) atoms. The molecule has 196 valence electrons. The van der Waals surface area contributed by atoms with Crippen LogP contribution in [0.25, 0.3) is 0 Å². The SMILES string of the molecule is Cc1ccc(S(=O)(=O)Oc2ccc(NC(=O)Nc3ccc(OS(=O)(=O)c4ccccc4C)cc3)cc2)cc1. The Bertz CT molecular complexity index is 1650. The summed E-state index contributed by atoms with van der Waals surface area (Å²) in [4.78, 5) is 12.5. The molecular weight excluding hydrogens is 528 g/mol. The van der Waals surface area contributed by atoms with Crippen LogP contribution in [0, 0.1) is 13.8 Å². The molecule has 0 fully saturated rings. The van der Waals surface area contributed by atoms with Crippen LogP contribution in [-0.4, -0.2) is 22.9 Å². The Kier molecular flexibility index (Phi) is 7.70. The molecule has 0 unspecified atom stereocenters. The number of hydrogen-bond acceptors (Lipinski definition) is 7. The average Bonchev–Trinajstić information content (AvgIpc) is 2.86. The van der Waals surface area contributed by atoms with Crippen molar-refractivity contribution in [2.24, 2.45) is 0 Å². The molecule has 4 aromatic carbocycles. The summed E-state index contributed by atoms with van der Waals surface area (Å²) in [5.41, 5.74) is 2.28. The molecule has 9 nitrogen and oxygen atoms in total. The van der Waals surface area contributed by atoms with Gasteiger partial charge in [0.25, 0.3) is 0 Å². The Morgan fingerprint density at radius 3 is 1.58 bits per heavy atom. The van der Waals surface area contributed by atoms with Crippen molar-refractivity contribution >= 4 is 37.6 Å². The maximum Gasteiger partial charge on any atom is 0.339 e. The van der Waals surface area contributed by atoms with Gasteiger partial charge in [-0.2, -0.15) is 16.8 Å². The maximum atomic E-state index is 12.5. The predicted molar refractivity (Wildman–Crippen MR) is 144 cm³/mol. The fraction of sp³-hybridized carbons (Fsp3) is 0.0741. The van der Waals surface area contributed by atoms with Gasteiger partial charge in [0.1, 0.15) is 21.3 Å². The molecule has 0 spiro atoms. The van der Waals surface area contributed by atoms with E-state index in [0.29, 0.717) is 16.9 Å². The van der Waals surface area contributed by atoms with Crippen LogP contribution in [0.4, 0.5) is 16.2 Å². The molecule has 2 amide bonds. The molecule has 2 N–H and O–H groups in total. The van der Waals surface area contributed by atoms with Crippen LogP contribution in [0.3, 0.4) is 0 Å². The van der Waals surface area contributed by atoms with Crippen LogP contribution in [0.2, 0.25) is 0 Å². The smallest absolute Gasteiger partial charge is 0.339 e. The van der Waals surface area contributed by atoms with E-state index in [-0.39, 0.29) is 21.3 Å². The van der Waals surface area contributed by atoms with Crippen molar-refractivity contribution in [2.45, 2.75) is 23.6 Å². The second kappa shape index (κ2) is 11.0. The van der Waals surface area contributed by atoms with Gasteiger partial charge in [-0.1, -0.05) is 35.9 Å². The van der Waals surface area contributed by atoms with E-state index in [9.17, 15) is 21.6 Å². The van der Waals surface area contributed by atoms with Crippen molar-refractivity contribution < 1.29 is 30.0 Å². The lowest BCUT2D eigenvalue weighted by molar-refractivity contribution is 0.262. The third-order valence-electron chi connectivity index (χ3n) is 5.31. The van der Waals surface area contributed by atoms with E-state index in [4.69, 9.17) is 8.37 Å². The zero-order valence-corrected chi connectivity index (χ0v) is 22.0. The summed E-state index contributed by atoms with van der Waals surface area (Å²) in [6, 6.07) is 23.9. The average molecular weight is 553 g/mol. The highest BCUT2D eigenvalue weighted by Crippen LogP contribution is 2.24. The maximum absolute atomic E-state index is 12.5. The van der Waals surface area contributed by atoms with Crippen LogP contribution < -0.4 is 19.0 Å². The van der Waals surface area contributed by atoms with E-state index in [1.54, 1.807) is 37.3 Å². The minimum Gasteiger partial charge on any atom is -0.379 e. The van der Waals surface area contributed by atoms with E-state index in [2.05, 4.69) is 10.6 Å². The van der Waals surface area contributed by atoms with Crippen LogP contribution >= 0.6 is 0 Å². The number of hydrogen-bond donors (Lipinski definition) is 2. The predicted octanol–water partition coefficient (Wildman–Crippen LogP) is 5.48. The van der Waals surface area contributed by atoms with Gasteiger partial charge >= 0.3 is 26.3 Å². The van der Waals surface area contributed by atoms with Gasteiger partial charge in [-0.15, -0.1) is 0 Å². The van der Waals surface area contributed by atoms with Gasteiger partial charge in [0.05, 0.1) is 0 Å². The summed E-state index contributed by atoms with van der Waals surface area (Å²) in [5.74, 6) is 0.183. The number of amides is 2. The molecule has 0 bridgehead atoms. The minimum atomic E-state index is -4.00. The lowest BCUT2D eigenvalue weighted by Gasteiger charge is -2.11. The monoisotopic (exact) mass is 552 g/mol. The first-order valence-electron chi connectivity index (χ1n) is 11.3. The molecule has 0 radical (unpaired) electrons. The molecule has 0 atom stereocenters. The number of carbonyl (C=O) groups excluding carboxylic acids is 1. The van der Waals surface area contributed by atoms with Gasteiger partial charge < -0.3 is 19.0 Å².